The standard InChI is InChI=1S/C25H26N4O4S/c1-15-19(6-7-20-21(15)13-33-25(20)32)23(30)12-29-10-8-17(9-11-29)24(31)26-18-4-2-16(3-5-18)22-14-34-28-27-22/h2-7,14,17,23,30H,8-13H2,1H3,(H,26,31). The number of aliphatic hydroxyl groups excluding tert-OH is 1. The van der Waals surface area contributed by atoms with Gasteiger partial charge in [-0.1, -0.05) is 22.7 Å². The number of anilines is 1. The Morgan fingerprint density at radius 3 is 2.71 bits per heavy atom. The molecule has 1 atom stereocenters. The summed E-state index contributed by atoms with van der Waals surface area (Å²) in [4.78, 5) is 26.7. The molecule has 1 amide bonds. The van der Waals surface area contributed by atoms with E-state index in [0.29, 0.717) is 12.1 Å². The molecule has 2 aliphatic heterocycles. The fourth-order valence-electron chi connectivity index (χ4n) is 4.71. The SMILES string of the molecule is Cc1c(C(O)CN2CCC(C(=O)Nc3ccc(-c4csnn4)cc3)CC2)ccc2c1COC2=O. The van der Waals surface area contributed by atoms with Crippen molar-refractivity contribution in [2.75, 3.05) is 25.0 Å². The van der Waals surface area contributed by atoms with Crippen LogP contribution >= 0.6 is 11.5 Å². The fourth-order valence-corrected chi connectivity index (χ4v) is 5.17. The van der Waals surface area contributed by atoms with Crippen molar-refractivity contribution >= 4 is 29.1 Å². The lowest BCUT2D eigenvalue weighted by atomic mass is 9.93. The Hall–Kier alpha value is -3.14. The highest BCUT2D eigenvalue weighted by Crippen LogP contribution is 2.30. The molecule has 5 rings (SSSR count). The Morgan fingerprint density at radius 1 is 1.24 bits per heavy atom. The monoisotopic (exact) mass is 478 g/mol. The molecule has 9 heteroatoms. The van der Waals surface area contributed by atoms with Crippen molar-refractivity contribution in [2.45, 2.75) is 32.5 Å². The van der Waals surface area contributed by atoms with Crippen LogP contribution in [0.3, 0.4) is 0 Å². The van der Waals surface area contributed by atoms with Crippen LogP contribution in [0, 0.1) is 12.8 Å². The molecule has 8 nitrogen and oxygen atoms in total. The van der Waals surface area contributed by atoms with E-state index >= 15 is 0 Å². The van der Waals surface area contributed by atoms with Crippen LogP contribution in [0.25, 0.3) is 11.3 Å². The van der Waals surface area contributed by atoms with Crippen LogP contribution < -0.4 is 5.32 Å². The number of cyclic esters (lactones) is 1. The van der Waals surface area contributed by atoms with Gasteiger partial charge in [-0.25, -0.2) is 4.79 Å². The van der Waals surface area contributed by atoms with E-state index in [1.165, 1.54) is 11.5 Å². The number of hydrogen-bond donors (Lipinski definition) is 2. The lowest BCUT2D eigenvalue weighted by molar-refractivity contribution is -0.121. The number of nitrogens with one attached hydrogen (secondary N) is 1. The van der Waals surface area contributed by atoms with E-state index < -0.39 is 6.10 Å². The lowest BCUT2D eigenvalue weighted by Gasteiger charge is -2.33. The van der Waals surface area contributed by atoms with Crippen LogP contribution in [0.1, 0.15) is 46.0 Å². The zero-order chi connectivity index (χ0) is 23.7. The third-order valence-corrected chi connectivity index (χ3v) is 7.27. The van der Waals surface area contributed by atoms with Crippen molar-refractivity contribution in [2.24, 2.45) is 5.92 Å². The second kappa shape index (κ2) is 9.61. The number of piperidine rings is 1. The predicted octanol–water partition coefficient (Wildman–Crippen LogP) is 3.57. The van der Waals surface area contributed by atoms with Gasteiger partial charge in [-0.05, 0) is 73.7 Å². The summed E-state index contributed by atoms with van der Waals surface area (Å²) in [6.45, 7) is 4.19. The minimum Gasteiger partial charge on any atom is -0.457 e. The first-order valence-electron chi connectivity index (χ1n) is 11.4. The van der Waals surface area contributed by atoms with E-state index in [4.69, 9.17) is 4.74 Å². The normalized spacial score (nSPS) is 17.3. The Labute approximate surface area is 201 Å². The van der Waals surface area contributed by atoms with Gasteiger partial charge in [-0.15, -0.1) is 5.10 Å². The van der Waals surface area contributed by atoms with Gasteiger partial charge in [0.25, 0.3) is 0 Å². The van der Waals surface area contributed by atoms with E-state index in [-0.39, 0.29) is 24.4 Å². The van der Waals surface area contributed by atoms with Crippen molar-refractivity contribution < 1.29 is 19.4 Å². The van der Waals surface area contributed by atoms with E-state index in [1.54, 1.807) is 6.07 Å². The molecule has 3 aromatic rings. The maximum Gasteiger partial charge on any atom is 0.338 e. The average Bonchev–Trinajstić information content (AvgIpc) is 3.51. The number of aliphatic hydroxyl groups is 1. The zero-order valence-corrected chi connectivity index (χ0v) is 19.7. The van der Waals surface area contributed by atoms with Crippen molar-refractivity contribution in [1.82, 2.24) is 14.5 Å². The zero-order valence-electron chi connectivity index (χ0n) is 18.9. The summed E-state index contributed by atoms with van der Waals surface area (Å²) >= 11 is 1.31. The number of carbonyl (C=O) groups excluding carboxylic acids is 2. The lowest BCUT2D eigenvalue weighted by Crippen LogP contribution is -2.40. The number of likely N-dealkylation sites (tertiary alicyclic amines) is 1. The summed E-state index contributed by atoms with van der Waals surface area (Å²) in [5.74, 6) is -0.324. The number of benzene rings is 2. The van der Waals surface area contributed by atoms with Crippen LogP contribution in [-0.2, 0) is 16.1 Å². The summed E-state index contributed by atoms with van der Waals surface area (Å²) in [5, 5.41) is 19.8. The first-order valence-corrected chi connectivity index (χ1v) is 12.2. The Kier molecular flexibility index (Phi) is 6.40. The van der Waals surface area contributed by atoms with Crippen molar-refractivity contribution in [3.8, 4) is 11.3 Å². The van der Waals surface area contributed by atoms with Gasteiger partial charge >= 0.3 is 5.97 Å². The number of carbonyl (C=O) groups is 2. The van der Waals surface area contributed by atoms with E-state index in [0.717, 1.165) is 59.6 Å². The highest BCUT2D eigenvalue weighted by molar-refractivity contribution is 7.03. The van der Waals surface area contributed by atoms with Crippen LogP contribution in [0.2, 0.25) is 0 Å². The first-order chi connectivity index (χ1) is 16.5. The van der Waals surface area contributed by atoms with E-state index in [9.17, 15) is 14.7 Å². The molecule has 0 radical (unpaired) electrons. The molecule has 34 heavy (non-hydrogen) atoms. The van der Waals surface area contributed by atoms with Crippen molar-refractivity contribution in [3.63, 3.8) is 0 Å². The minimum atomic E-state index is -0.655. The van der Waals surface area contributed by atoms with E-state index in [1.807, 2.05) is 42.6 Å². The Morgan fingerprint density at radius 2 is 2.00 bits per heavy atom. The van der Waals surface area contributed by atoms with Gasteiger partial charge in [0.2, 0.25) is 5.91 Å². The van der Waals surface area contributed by atoms with Gasteiger partial charge < -0.3 is 20.1 Å². The van der Waals surface area contributed by atoms with E-state index in [2.05, 4.69) is 19.8 Å². The van der Waals surface area contributed by atoms with Gasteiger partial charge in [0, 0.05) is 34.7 Å². The highest BCUT2D eigenvalue weighted by Gasteiger charge is 2.29. The summed E-state index contributed by atoms with van der Waals surface area (Å²) in [7, 11) is 0. The number of rotatable bonds is 6. The number of hydrogen-bond acceptors (Lipinski definition) is 8. The molecule has 1 saturated heterocycles. The van der Waals surface area contributed by atoms with Gasteiger partial charge in [0.1, 0.15) is 12.3 Å². The molecule has 0 aliphatic carbocycles. The van der Waals surface area contributed by atoms with Gasteiger partial charge in [0.05, 0.1) is 11.7 Å². The molecule has 176 valence electrons. The summed E-state index contributed by atoms with van der Waals surface area (Å²) in [5.41, 5.74) is 5.77. The first kappa shape index (κ1) is 22.6. The molecule has 2 aromatic carbocycles. The smallest absolute Gasteiger partial charge is 0.338 e. The third-order valence-electron chi connectivity index (χ3n) is 6.76. The van der Waals surface area contributed by atoms with Crippen LogP contribution in [0.4, 0.5) is 5.69 Å². The molecule has 0 saturated carbocycles. The van der Waals surface area contributed by atoms with Gasteiger partial charge in [-0.2, -0.15) is 0 Å². The molecule has 1 fully saturated rings. The molecule has 0 bridgehead atoms. The fraction of sp³-hybridized carbons (Fsp3) is 0.360. The second-order valence-corrected chi connectivity index (χ2v) is 9.44. The minimum absolute atomic E-state index is 0.0300. The average molecular weight is 479 g/mol. The van der Waals surface area contributed by atoms with Crippen LogP contribution in [0.15, 0.2) is 41.8 Å². The highest BCUT2D eigenvalue weighted by atomic mass is 32.1. The number of β-amino-alcohol motifs (C(OH)–C–C–N with tert-alkyl or cyclic N) is 1. The Balaban J connectivity index is 1.13. The maximum absolute atomic E-state index is 12.8. The second-order valence-electron chi connectivity index (χ2n) is 8.83. The number of fused-ring (bicyclic) bond motifs is 1. The predicted molar refractivity (Wildman–Crippen MR) is 128 cm³/mol. The molecule has 2 aliphatic rings. The molecular weight excluding hydrogens is 452 g/mol. The van der Waals surface area contributed by atoms with Crippen molar-refractivity contribution in [1.29, 1.82) is 0 Å². The maximum atomic E-state index is 12.8. The summed E-state index contributed by atoms with van der Waals surface area (Å²) in [6.07, 6.45) is 0.831. The molecular formula is C25H26N4O4S. The number of ether oxygens (including phenoxy) is 1. The summed E-state index contributed by atoms with van der Waals surface area (Å²) < 4.78 is 8.99. The number of aromatic nitrogens is 2. The third kappa shape index (κ3) is 4.59. The van der Waals surface area contributed by atoms with Crippen LogP contribution in [0.5, 0.6) is 0 Å². The Bertz CT molecular complexity index is 1190. The number of esters is 1. The number of amides is 1. The molecule has 2 N–H and O–H groups in total. The summed E-state index contributed by atoms with van der Waals surface area (Å²) in [6, 6.07) is 11.2. The van der Waals surface area contributed by atoms with Gasteiger partial charge in [0.15, 0.2) is 0 Å². The number of nitrogens with zero attached hydrogens (tertiary/aromatic N) is 3. The van der Waals surface area contributed by atoms with Gasteiger partial charge in [-0.3, -0.25) is 4.79 Å². The molecule has 1 aromatic heterocycles. The molecule has 1 unspecified atom stereocenters. The molecule has 3 heterocycles. The molecule has 0 spiro atoms. The topological polar surface area (TPSA) is 105 Å². The quantitative estimate of drug-likeness (QED) is 0.522. The van der Waals surface area contributed by atoms with Crippen LogP contribution in [-0.4, -0.2) is 51.1 Å². The largest absolute Gasteiger partial charge is 0.457 e. The van der Waals surface area contributed by atoms with Crippen molar-refractivity contribution in [3.05, 3.63) is 64.0 Å².